The van der Waals surface area contributed by atoms with Gasteiger partial charge in [0.1, 0.15) is 18.5 Å². The van der Waals surface area contributed by atoms with Crippen molar-refractivity contribution in [3.63, 3.8) is 0 Å². The Morgan fingerprint density at radius 1 is 0.700 bits per heavy atom. The zero-order valence-electron chi connectivity index (χ0n) is 22.5. The fourth-order valence-corrected chi connectivity index (χ4v) is 5.10. The topological polar surface area (TPSA) is 70.7 Å². The third-order valence-electron chi connectivity index (χ3n) is 7.19. The van der Waals surface area contributed by atoms with Gasteiger partial charge in [-0.2, -0.15) is 0 Å². The number of nitrogens with zero attached hydrogens (tertiary/aromatic N) is 1. The number of ether oxygens (including phenoxy) is 1. The molecule has 4 aromatic rings. The van der Waals surface area contributed by atoms with E-state index in [0.717, 1.165) is 36.9 Å². The van der Waals surface area contributed by atoms with Gasteiger partial charge in [0, 0.05) is 24.2 Å². The number of benzene rings is 4. The summed E-state index contributed by atoms with van der Waals surface area (Å²) >= 11 is 0. The van der Waals surface area contributed by atoms with E-state index in [4.69, 9.17) is 4.74 Å². The molecular weight excluding hydrogens is 498 g/mol. The highest BCUT2D eigenvalue weighted by Crippen LogP contribution is 2.21. The van der Waals surface area contributed by atoms with Crippen LogP contribution in [-0.2, 0) is 13.2 Å². The summed E-state index contributed by atoms with van der Waals surface area (Å²) in [7, 11) is 0. The Morgan fingerprint density at radius 2 is 1.32 bits per heavy atom. The number of amides is 2. The minimum atomic E-state index is -0.378. The second-order valence-electron chi connectivity index (χ2n) is 10.1. The van der Waals surface area contributed by atoms with Gasteiger partial charge in [0.25, 0.3) is 11.8 Å². The highest BCUT2D eigenvalue weighted by atomic mass is 16.5. The SMILES string of the molecule is O=C(NC1CCCCN(Cc2ccccc2)C1NC(=O)c1cccc(OCc2ccccc2)c1)c1ccccc1. The van der Waals surface area contributed by atoms with Gasteiger partial charge in [0.2, 0.25) is 0 Å². The van der Waals surface area contributed by atoms with Crippen LogP contribution in [0, 0.1) is 0 Å². The molecule has 1 saturated heterocycles. The summed E-state index contributed by atoms with van der Waals surface area (Å²) in [6.07, 6.45) is 2.34. The molecule has 0 aliphatic carbocycles. The Hall–Kier alpha value is -4.42. The van der Waals surface area contributed by atoms with E-state index in [-0.39, 0.29) is 24.0 Å². The predicted octanol–water partition coefficient (Wildman–Crippen LogP) is 5.81. The van der Waals surface area contributed by atoms with Gasteiger partial charge >= 0.3 is 0 Å². The summed E-state index contributed by atoms with van der Waals surface area (Å²) in [6, 6.07) is 36.4. The minimum Gasteiger partial charge on any atom is -0.489 e. The summed E-state index contributed by atoms with van der Waals surface area (Å²) in [6.45, 7) is 1.91. The van der Waals surface area contributed by atoms with Gasteiger partial charge in [0.05, 0.1) is 6.04 Å². The van der Waals surface area contributed by atoms with E-state index in [1.54, 1.807) is 12.1 Å². The molecule has 5 rings (SSSR count). The van der Waals surface area contributed by atoms with Gasteiger partial charge < -0.3 is 15.4 Å². The van der Waals surface area contributed by atoms with E-state index in [1.807, 2.05) is 91.0 Å². The van der Waals surface area contributed by atoms with Crippen LogP contribution in [0.15, 0.2) is 115 Å². The molecule has 1 aliphatic rings. The van der Waals surface area contributed by atoms with E-state index in [9.17, 15) is 9.59 Å². The van der Waals surface area contributed by atoms with Crippen LogP contribution in [0.1, 0.15) is 51.1 Å². The maximum Gasteiger partial charge on any atom is 0.252 e. The third kappa shape index (κ3) is 7.36. The van der Waals surface area contributed by atoms with E-state index in [0.29, 0.717) is 30.0 Å². The molecule has 2 amide bonds. The molecule has 1 aliphatic heterocycles. The summed E-state index contributed by atoms with van der Waals surface area (Å²) < 4.78 is 5.97. The number of rotatable bonds is 9. The number of hydrogen-bond acceptors (Lipinski definition) is 4. The highest BCUT2D eigenvalue weighted by molar-refractivity contribution is 5.95. The number of nitrogens with one attached hydrogen (secondary N) is 2. The van der Waals surface area contributed by atoms with Crippen molar-refractivity contribution in [2.45, 2.75) is 44.6 Å². The maximum absolute atomic E-state index is 13.6. The molecule has 2 atom stereocenters. The Bertz CT molecular complexity index is 1380. The maximum atomic E-state index is 13.6. The van der Waals surface area contributed by atoms with Gasteiger partial charge in [0.15, 0.2) is 0 Å². The zero-order valence-corrected chi connectivity index (χ0v) is 22.5. The van der Waals surface area contributed by atoms with Crippen LogP contribution in [0.5, 0.6) is 5.75 Å². The average molecular weight is 534 g/mol. The summed E-state index contributed by atoms with van der Waals surface area (Å²) in [5, 5.41) is 6.50. The lowest BCUT2D eigenvalue weighted by atomic mass is 10.1. The van der Waals surface area contributed by atoms with Gasteiger partial charge in [-0.25, -0.2) is 0 Å². The van der Waals surface area contributed by atoms with Crippen LogP contribution in [0.25, 0.3) is 0 Å². The van der Waals surface area contributed by atoms with Crippen molar-refractivity contribution in [2.24, 2.45) is 0 Å². The first-order valence-corrected chi connectivity index (χ1v) is 13.9. The van der Waals surface area contributed by atoms with Crippen molar-refractivity contribution in [1.82, 2.24) is 15.5 Å². The number of hydrogen-bond donors (Lipinski definition) is 2. The van der Waals surface area contributed by atoms with Crippen molar-refractivity contribution < 1.29 is 14.3 Å². The zero-order chi connectivity index (χ0) is 27.6. The van der Waals surface area contributed by atoms with Gasteiger partial charge in [-0.15, -0.1) is 0 Å². The number of likely N-dealkylation sites (tertiary alicyclic amines) is 1. The van der Waals surface area contributed by atoms with E-state index < -0.39 is 0 Å². The van der Waals surface area contributed by atoms with Crippen LogP contribution >= 0.6 is 0 Å². The predicted molar refractivity (Wildman–Crippen MR) is 157 cm³/mol. The van der Waals surface area contributed by atoms with Crippen LogP contribution in [-0.4, -0.2) is 35.5 Å². The van der Waals surface area contributed by atoms with E-state index in [1.165, 1.54) is 0 Å². The lowest BCUT2D eigenvalue weighted by Crippen LogP contribution is -2.59. The Labute approximate surface area is 236 Å². The van der Waals surface area contributed by atoms with Gasteiger partial charge in [-0.3, -0.25) is 14.5 Å². The molecule has 2 unspecified atom stereocenters. The molecule has 0 aromatic heterocycles. The molecule has 204 valence electrons. The van der Waals surface area contributed by atoms with Crippen LogP contribution in [0.4, 0.5) is 0 Å². The first-order chi connectivity index (χ1) is 19.7. The summed E-state index contributed by atoms with van der Waals surface area (Å²) in [5.41, 5.74) is 3.34. The first-order valence-electron chi connectivity index (χ1n) is 13.9. The Kier molecular flexibility index (Phi) is 9.22. The van der Waals surface area contributed by atoms with Crippen molar-refractivity contribution in [3.05, 3.63) is 138 Å². The molecule has 4 aromatic carbocycles. The second-order valence-corrected chi connectivity index (χ2v) is 10.1. The average Bonchev–Trinajstić information content (AvgIpc) is 3.19. The fraction of sp³-hybridized carbons (Fsp3) is 0.235. The minimum absolute atomic E-state index is 0.136. The molecular formula is C34H35N3O3. The molecule has 6 heteroatoms. The second kappa shape index (κ2) is 13.6. The first kappa shape index (κ1) is 27.2. The van der Waals surface area contributed by atoms with Crippen molar-refractivity contribution in [1.29, 1.82) is 0 Å². The molecule has 1 fully saturated rings. The van der Waals surface area contributed by atoms with E-state index in [2.05, 4.69) is 27.7 Å². The lowest BCUT2D eigenvalue weighted by Gasteiger charge is -2.36. The van der Waals surface area contributed by atoms with Gasteiger partial charge in [-0.05, 0) is 54.3 Å². The van der Waals surface area contributed by atoms with Gasteiger partial charge in [-0.1, -0.05) is 91.3 Å². The fourth-order valence-electron chi connectivity index (χ4n) is 5.10. The molecule has 0 saturated carbocycles. The molecule has 6 nitrogen and oxygen atoms in total. The molecule has 40 heavy (non-hydrogen) atoms. The summed E-state index contributed by atoms with van der Waals surface area (Å²) in [4.78, 5) is 29.1. The van der Waals surface area contributed by atoms with Crippen LogP contribution < -0.4 is 15.4 Å². The largest absolute Gasteiger partial charge is 0.489 e. The van der Waals surface area contributed by atoms with Crippen molar-refractivity contribution >= 4 is 11.8 Å². The monoisotopic (exact) mass is 533 g/mol. The molecule has 0 radical (unpaired) electrons. The molecule has 0 spiro atoms. The standard InChI is InChI=1S/C34H35N3O3/c38-33(28-17-8-3-9-18-28)35-31-21-10-11-22-37(24-26-13-4-1-5-14-26)32(31)36-34(39)29-19-12-20-30(23-29)40-25-27-15-6-2-7-16-27/h1-9,12-20,23,31-32H,10-11,21-22,24-25H2,(H,35,38)(H,36,39). The smallest absolute Gasteiger partial charge is 0.252 e. The Balaban J connectivity index is 1.35. The van der Waals surface area contributed by atoms with Crippen LogP contribution in [0.2, 0.25) is 0 Å². The lowest BCUT2D eigenvalue weighted by molar-refractivity contribution is 0.0737. The molecule has 0 bridgehead atoms. The molecule has 2 N–H and O–H groups in total. The van der Waals surface area contributed by atoms with Crippen LogP contribution in [0.3, 0.4) is 0 Å². The third-order valence-corrected chi connectivity index (χ3v) is 7.19. The quantitative estimate of drug-likeness (QED) is 0.285. The Morgan fingerprint density at radius 3 is 2.05 bits per heavy atom. The molecule has 1 heterocycles. The summed E-state index contributed by atoms with van der Waals surface area (Å²) in [5.74, 6) is 0.296. The number of carbonyl (C=O) groups is 2. The normalized spacial score (nSPS) is 17.4. The number of carbonyl (C=O) groups excluding carboxylic acids is 2. The van der Waals surface area contributed by atoms with Crippen molar-refractivity contribution in [2.75, 3.05) is 6.54 Å². The highest BCUT2D eigenvalue weighted by Gasteiger charge is 2.32. The van der Waals surface area contributed by atoms with E-state index >= 15 is 0 Å². The van der Waals surface area contributed by atoms with Crippen molar-refractivity contribution in [3.8, 4) is 5.75 Å².